The van der Waals surface area contributed by atoms with Crippen LogP contribution < -0.4 is 0 Å². The molecule has 34 heavy (non-hydrogen) atoms. The second-order valence-electron chi connectivity index (χ2n) is 15.3. The Kier molecular flexibility index (Phi) is 5.57. The van der Waals surface area contributed by atoms with E-state index in [0.717, 1.165) is 24.2 Å². The largest absolute Gasteiger partial charge is 0.462 e. The molecule has 2 nitrogen and oxygen atoms in total. The molecule has 0 aromatic rings. The van der Waals surface area contributed by atoms with Crippen LogP contribution in [0.5, 0.6) is 0 Å². The number of esters is 1. The summed E-state index contributed by atoms with van der Waals surface area (Å²) in [6, 6.07) is 0. The molecule has 0 bridgehead atoms. The molecule has 10 atom stereocenters. The standard InChI is InChI=1S/C32H52O2/c1-20-12-15-29(6)18-19-31(8)23(27(29)21(20)2)10-11-25-30(7)16-14-26(34-22(3)33)28(4,5)24(30)13-17-32(25,31)9/h21,23-27H,1,10-19H2,2-9H3/t21-,23-,24-,25+,26-,27+,29-,30+,31-,32-/m1/s1. The van der Waals surface area contributed by atoms with Crippen LogP contribution in [-0.4, -0.2) is 12.1 Å². The summed E-state index contributed by atoms with van der Waals surface area (Å²) in [6.07, 6.45) is 13.2. The van der Waals surface area contributed by atoms with Gasteiger partial charge in [0, 0.05) is 12.3 Å². The highest BCUT2D eigenvalue weighted by molar-refractivity contribution is 5.66. The number of carbonyl (C=O) groups excluding carboxylic acids is 1. The number of hydrogen-bond donors (Lipinski definition) is 0. The molecule has 0 saturated heterocycles. The molecule has 0 N–H and O–H groups in total. The average Bonchev–Trinajstić information content (AvgIpc) is 2.74. The lowest BCUT2D eigenvalue weighted by atomic mass is 9.31. The smallest absolute Gasteiger partial charge is 0.302 e. The number of fused-ring (bicyclic) bond motifs is 7. The maximum Gasteiger partial charge on any atom is 0.302 e. The highest BCUT2D eigenvalue weighted by Gasteiger charge is 2.70. The zero-order valence-corrected chi connectivity index (χ0v) is 23.6. The molecule has 5 fully saturated rings. The highest BCUT2D eigenvalue weighted by Crippen LogP contribution is 2.77. The second-order valence-corrected chi connectivity index (χ2v) is 15.3. The Morgan fingerprint density at radius 1 is 0.853 bits per heavy atom. The van der Waals surface area contributed by atoms with Crippen LogP contribution in [0.4, 0.5) is 0 Å². The number of allylic oxidation sites excluding steroid dienone is 1. The predicted octanol–water partition coefficient (Wildman–Crippen LogP) is 8.60. The van der Waals surface area contributed by atoms with Gasteiger partial charge in [-0.2, -0.15) is 0 Å². The van der Waals surface area contributed by atoms with Gasteiger partial charge in [-0.05, 0) is 115 Å². The van der Waals surface area contributed by atoms with Crippen molar-refractivity contribution in [3.8, 4) is 0 Å². The van der Waals surface area contributed by atoms with Crippen molar-refractivity contribution in [3.05, 3.63) is 12.2 Å². The van der Waals surface area contributed by atoms with Crippen molar-refractivity contribution in [2.45, 2.75) is 126 Å². The summed E-state index contributed by atoms with van der Waals surface area (Å²) in [6.45, 7) is 24.2. The van der Waals surface area contributed by atoms with Gasteiger partial charge in [0.05, 0.1) is 0 Å². The van der Waals surface area contributed by atoms with Gasteiger partial charge in [0.25, 0.3) is 0 Å². The summed E-state index contributed by atoms with van der Waals surface area (Å²) < 4.78 is 5.91. The van der Waals surface area contributed by atoms with Gasteiger partial charge >= 0.3 is 5.97 Å². The van der Waals surface area contributed by atoms with E-state index in [9.17, 15) is 4.79 Å². The predicted molar refractivity (Wildman–Crippen MR) is 140 cm³/mol. The zero-order valence-electron chi connectivity index (χ0n) is 23.6. The fourth-order valence-electron chi connectivity index (χ4n) is 11.8. The lowest BCUT2D eigenvalue weighted by molar-refractivity contribution is -0.253. The van der Waals surface area contributed by atoms with Gasteiger partial charge in [-0.3, -0.25) is 4.79 Å². The molecule has 5 rings (SSSR count). The van der Waals surface area contributed by atoms with E-state index in [2.05, 4.69) is 55.0 Å². The average molecular weight is 469 g/mol. The monoisotopic (exact) mass is 468 g/mol. The first-order valence-corrected chi connectivity index (χ1v) is 14.6. The zero-order chi connectivity index (χ0) is 24.9. The van der Waals surface area contributed by atoms with Gasteiger partial charge in [-0.15, -0.1) is 0 Å². The molecular weight excluding hydrogens is 416 g/mol. The Balaban J connectivity index is 1.50. The van der Waals surface area contributed by atoms with E-state index in [4.69, 9.17) is 4.74 Å². The fourth-order valence-corrected chi connectivity index (χ4v) is 11.8. The van der Waals surface area contributed by atoms with Crippen molar-refractivity contribution >= 4 is 5.97 Å². The molecule has 192 valence electrons. The minimum absolute atomic E-state index is 0.0541. The minimum Gasteiger partial charge on any atom is -0.462 e. The van der Waals surface area contributed by atoms with Crippen molar-refractivity contribution < 1.29 is 9.53 Å². The van der Waals surface area contributed by atoms with Crippen molar-refractivity contribution in [3.63, 3.8) is 0 Å². The van der Waals surface area contributed by atoms with Crippen LogP contribution in [0.3, 0.4) is 0 Å². The quantitative estimate of drug-likeness (QED) is 0.284. The maximum atomic E-state index is 11.9. The molecule has 5 aliphatic rings. The van der Waals surface area contributed by atoms with Crippen molar-refractivity contribution in [1.82, 2.24) is 0 Å². The topological polar surface area (TPSA) is 26.3 Å². The molecule has 0 amide bonds. The molecule has 5 saturated carbocycles. The SMILES string of the molecule is C=C1CC[C@]2(C)CC[C@]3(C)[C@H](CC[C@H]4[C@@]5(C)CC[C@@H](OC(C)=O)C(C)(C)[C@H]5CC[C@]43C)[C@@H]2[C@@H]1C. The molecule has 0 heterocycles. The van der Waals surface area contributed by atoms with E-state index in [1.807, 2.05) is 0 Å². The van der Waals surface area contributed by atoms with E-state index < -0.39 is 0 Å². The van der Waals surface area contributed by atoms with Crippen LogP contribution in [0.1, 0.15) is 120 Å². The number of hydrogen-bond acceptors (Lipinski definition) is 2. The van der Waals surface area contributed by atoms with Crippen LogP contribution in [0, 0.1) is 56.7 Å². The van der Waals surface area contributed by atoms with Crippen molar-refractivity contribution in [2.24, 2.45) is 56.7 Å². The summed E-state index contributed by atoms with van der Waals surface area (Å²) in [4.78, 5) is 11.9. The molecule has 5 aliphatic carbocycles. The van der Waals surface area contributed by atoms with Crippen LogP contribution in [-0.2, 0) is 9.53 Å². The third-order valence-corrected chi connectivity index (χ3v) is 13.8. The van der Waals surface area contributed by atoms with Gasteiger partial charge < -0.3 is 4.74 Å². The van der Waals surface area contributed by atoms with Gasteiger partial charge in [0.2, 0.25) is 0 Å². The van der Waals surface area contributed by atoms with E-state index in [1.54, 1.807) is 6.92 Å². The summed E-state index contributed by atoms with van der Waals surface area (Å²) in [5.41, 5.74) is 3.28. The van der Waals surface area contributed by atoms with E-state index in [-0.39, 0.29) is 17.5 Å². The summed E-state index contributed by atoms with van der Waals surface area (Å²) in [5, 5.41) is 0. The highest BCUT2D eigenvalue weighted by atomic mass is 16.5. The molecule has 2 heteroatoms. The second kappa shape index (κ2) is 7.61. The normalized spacial score (nSPS) is 54.2. The fraction of sp³-hybridized carbons (Fsp3) is 0.906. The van der Waals surface area contributed by atoms with Gasteiger partial charge in [0.1, 0.15) is 6.10 Å². The Hall–Kier alpha value is -0.790. The molecule has 0 spiro atoms. The first-order chi connectivity index (χ1) is 15.7. The van der Waals surface area contributed by atoms with E-state index in [1.165, 1.54) is 63.4 Å². The maximum absolute atomic E-state index is 11.9. The minimum atomic E-state index is -0.108. The first-order valence-electron chi connectivity index (χ1n) is 14.6. The summed E-state index contributed by atoms with van der Waals surface area (Å²) >= 11 is 0. The van der Waals surface area contributed by atoms with Crippen LogP contribution >= 0.6 is 0 Å². The van der Waals surface area contributed by atoms with Crippen molar-refractivity contribution in [1.29, 1.82) is 0 Å². The lowest BCUT2D eigenvalue weighted by Crippen LogP contribution is -2.67. The Morgan fingerprint density at radius 3 is 2.24 bits per heavy atom. The van der Waals surface area contributed by atoms with Crippen LogP contribution in [0.15, 0.2) is 12.2 Å². The third-order valence-electron chi connectivity index (χ3n) is 13.8. The van der Waals surface area contributed by atoms with Gasteiger partial charge in [-0.1, -0.05) is 60.6 Å². The summed E-state index contributed by atoms with van der Waals surface area (Å²) in [7, 11) is 0. The Bertz CT molecular complexity index is 872. The molecule has 0 radical (unpaired) electrons. The van der Waals surface area contributed by atoms with Gasteiger partial charge in [-0.25, -0.2) is 0 Å². The third kappa shape index (κ3) is 3.08. The molecule has 0 aliphatic heterocycles. The number of rotatable bonds is 1. The van der Waals surface area contributed by atoms with Crippen LogP contribution in [0.2, 0.25) is 0 Å². The number of carbonyl (C=O) groups is 1. The Labute approximate surface area is 210 Å². The molecule has 0 aromatic heterocycles. The van der Waals surface area contributed by atoms with Gasteiger partial charge in [0.15, 0.2) is 0 Å². The Morgan fingerprint density at radius 2 is 1.56 bits per heavy atom. The van der Waals surface area contributed by atoms with Crippen LogP contribution in [0.25, 0.3) is 0 Å². The first kappa shape index (κ1) is 24.9. The van der Waals surface area contributed by atoms with Crippen molar-refractivity contribution in [2.75, 3.05) is 0 Å². The van der Waals surface area contributed by atoms with E-state index in [0.29, 0.717) is 33.5 Å². The van der Waals surface area contributed by atoms with E-state index >= 15 is 0 Å². The summed E-state index contributed by atoms with van der Waals surface area (Å²) in [5.74, 6) is 3.64. The lowest BCUT2D eigenvalue weighted by Gasteiger charge is -2.73. The molecular formula is C32H52O2. The number of ether oxygens (including phenoxy) is 1. The molecule has 0 unspecified atom stereocenters. The molecule has 0 aromatic carbocycles.